The van der Waals surface area contributed by atoms with Gasteiger partial charge < -0.3 is 30.3 Å². The summed E-state index contributed by atoms with van der Waals surface area (Å²) in [5.41, 5.74) is 6.67. The minimum Gasteiger partial charge on any atom is -0.412 e. The fraction of sp³-hybridized carbons (Fsp3) is 0.375. The molecule has 0 atom stereocenters. The summed E-state index contributed by atoms with van der Waals surface area (Å²) >= 11 is 0. The van der Waals surface area contributed by atoms with E-state index in [0.717, 1.165) is 0 Å². The maximum atomic E-state index is 10.6. The van der Waals surface area contributed by atoms with Crippen molar-refractivity contribution in [1.82, 2.24) is 19.5 Å². The third kappa shape index (κ3) is 3.94. The number of hydrogen-bond donors (Lipinski definition) is 3. The Balaban J connectivity index is 0.00000180. The van der Waals surface area contributed by atoms with Crippen molar-refractivity contribution in [1.29, 1.82) is 0 Å². The fourth-order valence-corrected chi connectivity index (χ4v) is 1.78. The van der Waals surface area contributed by atoms with Crippen LogP contribution in [-0.4, -0.2) is 47.7 Å². The average Bonchev–Trinajstić information content (AvgIpc) is 2.68. The average molecular weight is 291 g/mol. The van der Waals surface area contributed by atoms with Crippen LogP contribution in [0.15, 0.2) is 12.7 Å². The van der Waals surface area contributed by atoms with E-state index in [-0.39, 0.29) is 17.9 Å². The van der Waals surface area contributed by atoms with Crippen molar-refractivity contribution in [3.8, 4) is 0 Å². The van der Waals surface area contributed by atoms with Crippen molar-refractivity contribution < 1.29 is 24.6 Å². The number of imidazole rings is 1. The van der Waals surface area contributed by atoms with Crippen LogP contribution in [0.5, 0.6) is 0 Å². The van der Waals surface area contributed by atoms with Crippen molar-refractivity contribution in [2.45, 2.75) is 6.54 Å². The Hall–Kier alpha value is -1.58. The Morgan fingerprint density at radius 1 is 1.37 bits per heavy atom. The molecule has 11 heteroatoms. The van der Waals surface area contributed by atoms with E-state index < -0.39 is 13.9 Å². The van der Waals surface area contributed by atoms with Crippen LogP contribution in [0.1, 0.15) is 0 Å². The minimum absolute atomic E-state index is 0. The van der Waals surface area contributed by atoms with Crippen LogP contribution in [-0.2, 0) is 15.8 Å². The van der Waals surface area contributed by atoms with Crippen molar-refractivity contribution >= 4 is 24.6 Å². The SMILES string of the molecule is Nc1ncnc2c1ncn2CCOCP(=O)(O)O.O. The van der Waals surface area contributed by atoms with E-state index in [9.17, 15) is 4.57 Å². The van der Waals surface area contributed by atoms with Crippen LogP contribution in [0.3, 0.4) is 0 Å². The van der Waals surface area contributed by atoms with E-state index in [1.165, 1.54) is 12.7 Å². The lowest BCUT2D eigenvalue weighted by molar-refractivity contribution is 0.149. The van der Waals surface area contributed by atoms with Gasteiger partial charge in [0.2, 0.25) is 0 Å². The molecule has 0 aliphatic carbocycles. The van der Waals surface area contributed by atoms with E-state index in [1.54, 1.807) is 4.57 Å². The van der Waals surface area contributed by atoms with Gasteiger partial charge in [-0.1, -0.05) is 0 Å². The number of ether oxygens (including phenoxy) is 1. The Morgan fingerprint density at radius 3 is 2.79 bits per heavy atom. The fourth-order valence-electron chi connectivity index (χ4n) is 1.41. The minimum atomic E-state index is -4.12. The first-order chi connectivity index (χ1) is 8.47. The lowest BCUT2D eigenvalue weighted by Gasteiger charge is -2.06. The van der Waals surface area contributed by atoms with Crippen molar-refractivity contribution in [2.24, 2.45) is 0 Å². The molecule has 0 saturated carbocycles. The van der Waals surface area contributed by atoms with Crippen LogP contribution in [0.2, 0.25) is 0 Å². The molecular weight excluding hydrogens is 277 g/mol. The lowest BCUT2D eigenvalue weighted by Crippen LogP contribution is -2.07. The molecule has 6 N–H and O–H groups in total. The maximum Gasteiger partial charge on any atom is 0.350 e. The molecule has 0 aliphatic rings. The highest BCUT2D eigenvalue weighted by atomic mass is 31.2. The van der Waals surface area contributed by atoms with Crippen molar-refractivity contribution in [2.75, 3.05) is 18.7 Å². The van der Waals surface area contributed by atoms with Gasteiger partial charge in [-0.3, -0.25) is 4.57 Å². The number of nitrogen functional groups attached to an aromatic ring is 1. The molecule has 0 amide bonds. The number of nitrogens with zero attached hydrogens (tertiary/aromatic N) is 4. The van der Waals surface area contributed by atoms with Gasteiger partial charge in [0, 0.05) is 6.54 Å². The Kier molecular flexibility index (Phi) is 4.92. The third-order valence-electron chi connectivity index (χ3n) is 2.17. The van der Waals surface area contributed by atoms with Gasteiger partial charge in [-0.25, -0.2) is 15.0 Å². The monoisotopic (exact) mass is 291 g/mol. The number of fused-ring (bicyclic) bond motifs is 1. The van der Waals surface area contributed by atoms with Crippen LogP contribution in [0.25, 0.3) is 11.2 Å². The zero-order valence-electron chi connectivity index (χ0n) is 9.80. The van der Waals surface area contributed by atoms with Gasteiger partial charge in [0.05, 0.1) is 12.9 Å². The third-order valence-corrected chi connectivity index (χ3v) is 2.68. The lowest BCUT2D eigenvalue weighted by atomic mass is 10.5. The van der Waals surface area contributed by atoms with Crippen LogP contribution in [0.4, 0.5) is 5.82 Å². The molecule has 10 nitrogen and oxygen atoms in total. The molecule has 106 valence electrons. The Morgan fingerprint density at radius 2 is 2.11 bits per heavy atom. The topological polar surface area (TPSA) is 168 Å². The van der Waals surface area contributed by atoms with Gasteiger partial charge in [0.15, 0.2) is 11.5 Å². The Labute approximate surface area is 107 Å². The van der Waals surface area contributed by atoms with Gasteiger partial charge in [-0.2, -0.15) is 0 Å². The molecule has 2 rings (SSSR count). The molecule has 0 radical (unpaired) electrons. The smallest absolute Gasteiger partial charge is 0.350 e. The summed E-state index contributed by atoms with van der Waals surface area (Å²) in [5.74, 6) is 0.287. The maximum absolute atomic E-state index is 10.6. The zero-order chi connectivity index (χ0) is 13.2. The van der Waals surface area contributed by atoms with E-state index >= 15 is 0 Å². The zero-order valence-corrected chi connectivity index (χ0v) is 10.7. The van der Waals surface area contributed by atoms with Crippen molar-refractivity contribution in [3.05, 3.63) is 12.7 Å². The molecular formula is C8H14N5O5P. The van der Waals surface area contributed by atoms with E-state index in [2.05, 4.69) is 15.0 Å². The summed E-state index contributed by atoms with van der Waals surface area (Å²) in [6, 6.07) is 0. The van der Waals surface area contributed by atoms with Gasteiger partial charge in [-0.05, 0) is 0 Å². The molecule has 0 aliphatic heterocycles. The van der Waals surface area contributed by atoms with Crippen LogP contribution >= 0.6 is 7.60 Å². The molecule has 2 heterocycles. The standard InChI is InChI=1S/C8H12N5O4P.H2O/c9-7-6-8(11-3-10-7)13(4-12-6)1-2-17-5-18(14,15)16;/h3-4H,1-2,5H2,(H2,9,10,11)(H2,14,15,16);1H2. The first kappa shape index (κ1) is 15.5. The summed E-state index contributed by atoms with van der Waals surface area (Å²) < 4.78 is 17.1. The highest BCUT2D eigenvalue weighted by Gasteiger charge is 2.13. The predicted molar refractivity (Wildman–Crippen MR) is 66.2 cm³/mol. The highest BCUT2D eigenvalue weighted by Crippen LogP contribution is 2.33. The summed E-state index contributed by atoms with van der Waals surface area (Å²) in [6.07, 6.45) is 2.25. The summed E-state index contributed by atoms with van der Waals surface area (Å²) in [5, 5.41) is 0. The van der Waals surface area contributed by atoms with Crippen LogP contribution in [0, 0.1) is 0 Å². The molecule has 2 aromatic rings. The van der Waals surface area contributed by atoms with E-state index in [4.69, 9.17) is 20.3 Å². The molecule has 2 aromatic heterocycles. The number of aromatic nitrogens is 4. The number of anilines is 1. The molecule has 0 unspecified atom stereocenters. The normalized spacial score (nSPS) is 11.5. The Bertz CT molecular complexity index is 596. The number of hydrogen-bond acceptors (Lipinski definition) is 6. The molecule has 0 bridgehead atoms. The second-order valence-electron chi connectivity index (χ2n) is 3.57. The number of nitrogens with two attached hydrogens (primary N) is 1. The van der Waals surface area contributed by atoms with Gasteiger partial charge in [-0.15, -0.1) is 0 Å². The molecule has 0 saturated heterocycles. The molecule has 19 heavy (non-hydrogen) atoms. The van der Waals surface area contributed by atoms with E-state index in [1.807, 2.05) is 0 Å². The predicted octanol–water partition coefficient (Wildman–Crippen LogP) is -1.26. The molecule has 0 spiro atoms. The second-order valence-corrected chi connectivity index (χ2v) is 5.16. The summed E-state index contributed by atoms with van der Waals surface area (Å²) in [4.78, 5) is 29.1. The molecule has 0 fully saturated rings. The highest BCUT2D eigenvalue weighted by molar-refractivity contribution is 7.51. The second kappa shape index (κ2) is 6.04. The van der Waals surface area contributed by atoms with Gasteiger partial charge in [0.1, 0.15) is 18.2 Å². The quantitative estimate of drug-likeness (QED) is 0.452. The van der Waals surface area contributed by atoms with Crippen molar-refractivity contribution in [3.63, 3.8) is 0 Å². The largest absolute Gasteiger partial charge is 0.412 e. The number of rotatable bonds is 5. The molecule has 0 aromatic carbocycles. The van der Waals surface area contributed by atoms with Gasteiger partial charge >= 0.3 is 7.60 Å². The summed E-state index contributed by atoms with van der Waals surface area (Å²) in [6.45, 7) is 0.507. The van der Waals surface area contributed by atoms with E-state index in [0.29, 0.717) is 17.7 Å². The first-order valence-electron chi connectivity index (χ1n) is 5.01. The van der Waals surface area contributed by atoms with Crippen LogP contribution < -0.4 is 5.73 Å². The first-order valence-corrected chi connectivity index (χ1v) is 6.81. The van der Waals surface area contributed by atoms with Gasteiger partial charge in [0.25, 0.3) is 0 Å². The summed E-state index contributed by atoms with van der Waals surface area (Å²) in [7, 11) is -4.12.